The van der Waals surface area contributed by atoms with Crippen molar-refractivity contribution >= 4 is 5.91 Å². The first-order valence-electron chi connectivity index (χ1n) is 5.81. The SMILES string of the molecule is CN(CCc1ccncc1)C(=O)C1(C#N)COC1. The van der Waals surface area contributed by atoms with Gasteiger partial charge in [0.25, 0.3) is 0 Å². The summed E-state index contributed by atoms with van der Waals surface area (Å²) in [5, 5.41) is 9.06. The van der Waals surface area contributed by atoms with E-state index in [2.05, 4.69) is 11.1 Å². The maximum atomic E-state index is 12.1. The molecule has 1 aromatic rings. The monoisotopic (exact) mass is 245 g/mol. The van der Waals surface area contributed by atoms with Crippen molar-refractivity contribution < 1.29 is 9.53 Å². The molecular weight excluding hydrogens is 230 g/mol. The Labute approximate surface area is 106 Å². The summed E-state index contributed by atoms with van der Waals surface area (Å²) < 4.78 is 4.98. The van der Waals surface area contributed by atoms with Crippen LogP contribution in [0.5, 0.6) is 0 Å². The molecule has 18 heavy (non-hydrogen) atoms. The van der Waals surface area contributed by atoms with Gasteiger partial charge in [0.15, 0.2) is 5.41 Å². The number of nitrogens with zero attached hydrogens (tertiary/aromatic N) is 3. The van der Waals surface area contributed by atoms with Crippen LogP contribution in [0.2, 0.25) is 0 Å². The van der Waals surface area contributed by atoms with Crippen LogP contribution in [0.1, 0.15) is 5.56 Å². The summed E-state index contributed by atoms with van der Waals surface area (Å²) in [5.74, 6) is -0.148. The normalized spacial score (nSPS) is 16.4. The zero-order valence-electron chi connectivity index (χ0n) is 10.3. The summed E-state index contributed by atoms with van der Waals surface area (Å²) in [6, 6.07) is 5.91. The van der Waals surface area contributed by atoms with Gasteiger partial charge in [0.1, 0.15) is 0 Å². The van der Waals surface area contributed by atoms with Gasteiger partial charge in [-0.1, -0.05) is 0 Å². The van der Waals surface area contributed by atoms with Gasteiger partial charge in [0.05, 0.1) is 19.3 Å². The van der Waals surface area contributed by atoms with Crippen LogP contribution in [-0.4, -0.2) is 42.6 Å². The number of aromatic nitrogens is 1. The average Bonchev–Trinajstić information content (AvgIpc) is 2.36. The zero-order chi connectivity index (χ0) is 13.0. The summed E-state index contributed by atoms with van der Waals surface area (Å²) in [4.78, 5) is 17.7. The number of hydrogen-bond donors (Lipinski definition) is 0. The Morgan fingerprint density at radius 3 is 2.72 bits per heavy atom. The third kappa shape index (κ3) is 2.34. The van der Waals surface area contributed by atoms with Crippen molar-refractivity contribution in [1.29, 1.82) is 5.26 Å². The summed E-state index contributed by atoms with van der Waals surface area (Å²) in [6.45, 7) is 1.01. The topological polar surface area (TPSA) is 66.2 Å². The molecule has 1 fully saturated rings. The van der Waals surface area contributed by atoms with Crippen LogP contribution in [0.15, 0.2) is 24.5 Å². The van der Waals surface area contributed by atoms with Crippen LogP contribution in [-0.2, 0) is 16.0 Å². The molecule has 2 rings (SSSR count). The smallest absolute Gasteiger partial charge is 0.247 e. The van der Waals surface area contributed by atoms with Crippen molar-refractivity contribution in [2.75, 3.05) is 26.8 Å². The highest BCUT2D eigenvalue weighted by atomic mass is 16.5. The lowest BCUT2D eigenvalue weighted by Crippen LogP contribution is -2.53. The zero-order valence-corrected chi connectivity index (χ0v) is 10.3. The van der Waals surface area contributed by atoms with Crippen LogP contribution in [0, 0.1) is 16.7 Å². The van der Waals surface area contributed by atoms with E-state index in [-0.39, 0.29) is 19.1 Å². The standard InChI is InChI=1S/C13H15N3O2/c1-16(7-4-11-2-5-15-6-3-11)12(17)13(8-14)9-18-10-13/h2-3,5-6H,4,7,9-10H2,1H3. The lowest BCUT2D eigenvalue weighted by molar-refractivity contribution is -0.159. The Morgan fingerprint density at radius 2 is 2.22 bits per heavy atom. The number of likely N-dealkylation sites (N-methyl/N-ethyl adjacent to an activating group) is 1. The molecule has 2 heterocycles. The molecule has 0 spiro atoms. The van der Waals surface area contributed by atoms with E-state index in [1.165, 1.54) is 0 Å². The number of rotatable bonds is 4. The van der Waals surface area contributed by atoms with Gasteiger partial charge in [-0.2, -0.15) is 5.26 Å². The van der Waals surface area contributed by atoms with Gasteiger partial charge in [-0.25, -0.2) is 0 Å². The molecule has 5 heteroatoms. The van der Waals surface area contributed by atoms with Gasteiger partial charge in [-0.15, -0.1) is 0 Å². The largest absolute Gasteiger partial charge is 0.377 e. The van der Waals surface area contributed by atoms with Crippen molar-refractivity contribution in [1.82, 2.24) is 9.88 Å². The lowest BCUT2D eigenvalue weighted by atomic mass is 9.86. The molecule has 1 amide bonds. The number of carbonyl (C=O) groups excluding carboxylic acids is 1. The molecule has 0 unspecified atom stereocenters. The third-order valence-electron chi connectivity index (χ3n) is 3.15. The molecule has 1 aliphatic heterocycles. The minimum Gasteiger partial charge on any atom is -0.377 e. The number of amides is 1. The molecule has 94 valence electrons. The van der Waals surface area contributed by atoms with Gasteiger partial charge in [-0.3, -0.25) is 9.78 Å². The fourth-order valence-corrected chi connectivity index (χ4v) is 1.86. The van der Waals surface area contributed by atoms with E-state index in [1.54, 1.807) is 24.3 Å². The molecule has 0 N–H and O–H groups in total. The lowest BCUT2D eigenvalue weighted by Gasteiger charge is -2.36. The summed E-state index contributed by atoms with van der Waals surface area (Å²) in [5.41, 5.74) is 0.174. The highest BCUT2D eigenvalue weighted by Crippen LogP contribution is 2.28. The predicted octanol–water partition coefficient (Wildman–Crippen LogP) is 0.623. The quantitative estimate of drug-likeness (QED) is 0.780. The van der Waals surface area contributed by atoms with Crippen LogP contribution >= 0.6 is 0 Å². The molecule has 1 aromatic heterocycles. The first kappa shape index (κ1) is 12.5. The summed E-state index contributed by atoms with van der Waals surface area (Å²) in [6.07, 6.45) is 4.22. The first-order chi connectivity index (χ1) is 8.68. The molecule has 0 aliphatic carbocycles. The van der Waals surface area contributed by atoms with Gasteiger partial charge >= 0.3 is 0 Å². The van der Waals surface area contributed by atoms with Crippen LogP contribution in [0.3, 0.4) is 0 Å². The van der Waals surface area contributed by atoms with Crippen LogP contribution < -0.4 is 0 Å². The maximum Gasteiger partial charge on any atom is 0.247 e. The summed E-state index contributed by atoms with van der Waals surface area (Å²) >= 11 is 0. The number of carbonyl (C=O) groups is 1. The highest BCUT2D eigenvalue weighted by Gasteiger charge is 2.47. The predicted molar refractivity (Wildman–Crippen MR) is 64.4 cm³/mol. The molecule has 0 radical (unpaired) electrons. The first-order valence-corrected chi connectivity index (χ1v) is 5.81. The van der Waals surface area contributed by atoms with Crippen molar-refractivity contribution in [3.05, 3.63) is 30.1 Å². The van der Waals surface area contributed by atoms with E-state index in [4.69, 9.17) is 10.00 Å². The molecular formula is C13H15N3O2. The molecule has 0 aromatic carbocycles. The Bertz CT molecular complexity index is 463. The minimum atomic E-state index is -0.951. The van der Waals surface area contributed by atoms with Crippen molar-refractivity contribution in [3.8, 4) is 6.07 Å². The fourth-order valence-electron chi connectivity index (χ4n) is 1.86. The molecule has 0 saturated carbocycles. The molecule has 1 saturated heterocycles. The second-order valence-electron chi connectivity index (χ2n) is 4.52. The molecule has 1 aliphatic rings. The van der Waals surface area contributed by atoms with Crippen molar-refractivity contribution in [3.63, 3.8) is 0 Å². The van der Waals surface area contributed by atoms with E-state index in [0.29, 0.717) is 6.54 Å². The van der Waals surface area contributed by atoms with Gasteiger partial charge in [0, 0.05) is 26.0 Å². The Kier molecular flexibility index (Phi) is 3.58. The van der Waals surface area contributed by atoms with E-state index in [1.807, 2.05) is 12.1 Å². The van der Waals surface area contributed by atoms with E-state index in [9.17, 15) is 4.79 Å². The number of pyridine rings is 1. The molecule has 5 nitrogen and oxygen atoms in total. The average molecular weight is 245 g/mol. The van der Waals surface area contributed by atoms with Gasteiger partial charge in [0.2, 0.25) is 5.91 Å². The Balaban J connectivity index is 1.91. The molecule has 0 bridgehead atoms. The van der Waals surface area contributed by atoms with Gasteiger partial charge in [-0.05, 0) is 24.1 Å². The highest BCUT2D eigenvalue weighted by molar-refractivity contribution is 5.86. The maximum absolute atomic E-state index is 12.1. The molecule has 0 atom stereocenters. The van der Waals surface area contributed by atoms with E-state index >= 15 is 0 Å². The Hall–Kier alpha value is -1.93. The number of nitriles is 1. The van der Waals surface area contributed by atoms with Crippen LogP contribution in [0.4, 0.5) is 0 Å². The number of hydrogen-bond acceptors (Lipinski definition) is 4. The third-order valence-corrected chi connectivity index (χ3v) is 3.15. The number of ether oxygens (including phenoxy) is 1. The summed E-state index contributed by atoms with van der Waals surface area (Å²) in [7, 11) is 1.72. The Morgan fingerprint density at radius 1 is 1.56 bits per heavy atom. The van der Waals surface area contributed by atoms with Crippen LogP contribution in [0.25, 0.3) is 0 Å². The second kappa shape index (κ2) is 5.15. The van der Waals surface area contributed by atoms with Crippen molar-refractivity contribution in [2.45, 2.75) is 6.42 Å². The fraction of sp³-hybridized carbons (Fsp3) is 0.462. The second-order valence-corrected chi connectivity index (χ2v) is 4.52. The van der Waals surface area contributed by atoms with Gasteiger partial charge < -0.3 is 9.64 Å². The van der Waals surface area contributed by atoms with E-state index in [0.717, 1.165) is 12.0 Å². The van der Waals surface area contributed by atoms with E-state index < -0.39 is 5.41 Å². The minimum absolute atomic E-state index is 0.148. The van der Waals surface area contributed by atoms with Crippen molar-refractivity contribution in [2.24, 2.45) is 5.41 Å².